The smallest absolute Gasteiger partial charge is 0.124 e. The molecule has 0 bridgehead atoms. The first-order valence-electron chi connectivity index (χ1n) is 6.56. The minimum Gasteiger partial charge on any atom is -0.395 e. The van der Waals surface area contributed by atoms with Crippen LogP contribution in [0.1, 0.15) is 32.3 Å². The Morgan fingerprint density at radius 1 is 1.42 bits per heavy atom. The van der Waals surface area contributed by atoms with Gasteiger partial charge in [0.25, 0.3) is 0 Å². The molecule has 5 heteroatoms. The number of aliphatic hydroxyl groups excluding tert-OH is 1. The van der Waals surface area contributed by atoms with Crippen LogP contribution in [0.3, 0.4) is 0 Å². The average Bonchev–Trinajstić information content (AvgIpc) is 2.39. The first-order valence-corrected chi connectivity index (χ1v) is 7.35. The molecule has 0 radical (unpaired) electrons. The van der Waals surface area contributed by atoms with Crippen molar-refractivity contribution in [3.63, 3.8) is 0 Å². The maximum Gasteiger partial charge on any atom is 0.124 e. The fourth-order valence-corrected chi connectivity index (χ4v) is 2.67. The summed E-state index contributed by atoms with van der Waals surface area (Å²) in [7, 11) is 0. The maximum absolute atomic E-state index is 9.29. The van der Waals surface area contributed by atoms with Crippen molar-refractivity contribution >= 4 is 27.5 Å². The predicted octanol–water partition coefficient (Wildman–Crippen LogP) is 2.72. The normalized spacial score (nSPS) is 10.8. The first-order chi connectivity index (χ1) is 9.04. The second-order valence-electron chi connectivity index (χ2n) is 4.46. The molecule has 19 heavy (non-hydrogen) atoms. The van der Waals surface area contributed by atoms with E-state index in [4.69, 9.17) is 11.1 Å². The monoisotopic (exact) mass is 327 g/mol. The first kappa shape index (κ1) is 16.0. The molecular weight excluding hydrogens is 306 g/mol. The average molecular weight is 328 g/mol. The van der Waals surface area contributed by atoms with Gasteiger partial charge in [0.1, 0.15) is 5.84 Å². The van der Waals surface area contributed by atoms with Crippen LogP contribution < -0.4 is 10.6 Å². The molecule has 0 amide bonds. The highest BCUT2D eigenvalue weighted by molar-refractivity contribution is 9.10. The van der Waals surface area contributed by atoms with E-state index >= 15 is 0 Å². The zero-order chi connectivity index (χ0) is 14.4. The number of rotatable bonds is 7. The SMILES string of the molecule is CCC(CC)N(CCO)c1ccc(Br)cc1C(=N)N. The number of nitrogen functional groups attached to an aromatic ring is 1. The van der Waals surface area contributed by atoms with Crippen LogP contribution in [-0.4, -0.2) is 30.1 Å². The molecule has 0 atom stereocenters. The van der Waals surface area contributed by atoms with E-state index in [1.165, 1.54) is 0 Å². The van der Waals surface area contributed by atoms with Crippen LogP contribution in [0.15, 0.2) is 22.7 Å². The van der Waals surface area contributed by atoms with Crippen LogP contribution in [0, 0.1) is 5.41 Å². The summed E-state index contributed by atoms with van der Waals surface area (Å²) >= 11 is 3.40. The van der Waals surface area contributed by atoms with Gasteiger partial charge in [-0.25, -0.2) is 0 Å². The molecule has 0 aliphatic carbocycles. The minimum absolute atomic E-state index is 0.0465. The Kier molecular flexibility index (Phi) is 6.31. The van der Waals surface area contributed by atoms with E-state index in [-0.39, 0.29) is 12.4 Å². The largest absolute Gasteiger partial charge is 0.395 e. The molecule has 1 rings (SSSR count). The molecule has 0 fully saturated rings. The number of halogens is 1. The van der Waals surface area contributed by atoms with E-state index in [2.05, 4.69) is 34.7 Å². The highest BCUT2D eigenvalue weighted by Gasteiger charge is 2.19. The Bertz CT molecular complexity index is 433. The van der Waals surface area contributed by atoms with Crippen molar-refractivity contribution in [2.45, 2.75) is 32.7 Å². The van der Waals surface area contributed by atoms with Gasteiger partial charge in [-0.2, -0.15) is 0 Å². The maximum atomic E-state index is 9.29. The van der Waals surface area contributed by atoms with Gasteiger partial charge in [-0.15, -0.1) is 0 Å². The third kappa shape index (κ3) is 3.94. The second kappa shape index (κ2) is 7.50. The molecule has 0 saturated heterocycles. The van der Waals surface area contributed by atoms with Crippen molar-refractivity contribution in [3.8, 4) is 0 Å². The Labute approximate surface area is 123 Å². The lowest BCUT2D eigenvalue weighted by atomic mass is 10.1. The van der Waals surface area contributed by atoms with Crippen LogP contribution in [0.4, 0.5) is 5.69 Å². The molecule has 4 N–H and O–H groups in total. The van der Waals surface area contributed by atoms with Crippen molar-refractivity contribution in [1.29, 1.82) is 5.41 Å². The van der Waals surface area contributed by atoms with Crippen molar-refractivity contribution in [2.24, 2.45) is 5.73 Å². The third-order valence-electron chi connectivity index (χ3n) is 3.28. The van der Waals surface area contributed by atoms with Gasteiger partial charge in [0.15, 0.2) is 0 Å². The number of nitrogens with two attached hydrogens (primary N) is 1. The number of nitrogens with zero attached hydrogens (tertiary/aromatic N) is 1. The van der Waals surface area contributed by atoms with Crippen LogP contribution in [0.2, 0.25) is 0 Å². The molecule has 0 unspecified atom stereocenters. The molecule has 0 aliphatic rings. The van der Waals surface area contributed by atoms with E-state index in [1.54, 1.807) is 0 Å². The molecule has 4 nitrogen and oxygen atoms in total. The standard InChI is InChI=1S/C14H22BrN3O/c1-3-11(4-2)18(7-8-19)13-6-5-10(15)9-12(13)14(16)17/h5-6,9,11,19H,3-4,7-8H2,1-2H3,(H3,16,17). The zero-order valence-corrected chi connectivity index (χ0v) is 13.1. The van der Waals surface area contributed by atoms with Crippen molar-refractivity contribution in [3.05, 3.63) is 28.2 Å². The van der Waals surface area contributed by atoms with Crippen LogP contribution in [0.25, 0.3) is 0 Å². The molecule has 1 aromatic rings. The van der Waals surface area contributed by atoms with E-state index < -0.39 is 0 Å². The van der Waals surface area contributed by atoms with Gasteiger partial charge >= 0.3 is 0 Å². The number of amidine groups is 1. The summed E-state index contributed by atoms with van der Waals surface area (Å²) in [6, 6.07) is 6.08. The lowest BCUT2D eigenvalue weighted by molar-refractivity contribution is 0.296. The Hall–Kier alpha value is -1.07. The van der Waals surface area contributed by atoms with Gasteiger partial charge in [-0.1, -0.05) is 29.8 Å². The molecule has 0 heterocycles. The second-order valence-corrected chi connectivity index (χ2v) is 5.38. The Balaban J connectivity index is 3.25. The van der Waals surface area contributed by atoms with Gasteiger partial charge in [0.2, 0.25) is 0 Å². The predicted molar refractivity (Wildman–Crippen MR) is 84.0 cm³/mol. The molecule has 0 saturated carbocycles. The Morgan fingerprint density at radius 2 is 2.05 bits per heavy atom. The van der Waals surface area contributed by atoms with Crippen LogP contribution in [-0.2, 0) is 0 Å². The highest BCUT2D eigenvalue weighted by Crippen LogP contribution is 2.27. The molecule has 0 aromatic heterocycles. The van der Waals surface area contributed by atoms with Gasteiger partial charge in [-0.3, -0.25) is 5.41 Å². The van der Waals surface area contributed by atoms with E-state index in [9.17, 15) is 5.11 Å². The summed E-state index contributed by atoms with van der Waals surface area (Å²) in [5.74, 6) is 0.0465. The molecule has 106 valence electrons. The fraction of sp³-hybridized carbons (Fsp3) is 0.500. The van der Waals surface area contributed by atoms with Gasteiger partial charge in [0.05, 0.1) is 6.61 Å². The van der Waals surface area contributed by atoms with E-state index in [0.717, 1.165) is 23.0 Å². The number of anilines is 1. The number of hydrogen-bond acceptors (Lipinski definition) is 3. The van der Waals surface area contributed by atoms with Crippen molar-refractivity contribution in [2.75, 3.05) is 18.1 Å². The Morgan fingerprint density at radius 3 is 2.53 bits per heavy atom. The molecule has 0 spiro atoms. The molecular formula is C14H22BrN3O. The topological polar surface area (TPSA) is 73.3 Å². The number of hydrogen-bond donors (Lipinski definition) is 3. The lowest BCUT2D eigenvalue weighted by Crippen LogP contribution is -2.38. The van der Waals surface area contributed by atoms with Crippen molar-refractivity contribution in [1.82, 2.24) is 0 Å². The molecule has 0 aliphatic heterocycles. The number of nitrogens with one attached hydrogen (secondary N) is 1. The number of benzene rings is 1. The molecule has 1 aromatic carbocycles. The van der Waals surface area contributed by atoms with Crippen LogP contribution >= 0.6 is 15.9 Å². The van der Waals surface area contributed by atoms with Crippen LogP contribution in [0.5, 0.6) is 0 Å². The highest BCUT2D eigenvalue weighted by atomic mass is 79.9. The summed E-state index contributed by atoms with van der Waals surface area (Å²) in [6.07, 6.45) is 1.98. The summed E-state index contributed by atoms with van der Waals surface area (Å²) < 4.78 is 0.898. The lowest BCUT2D eigenvalue weighted by Gasteiger charge is -2.33. The number of aliphatic hydroxyl groups is 1. The fourth-order valence-electron chi connectivity index (χ4n) is 2.31. The van der Waals surface area contributed by atoms with Gasteiger partial charge in [-0.05, 0) is 31.0 Å². The summed E-state index contributed by atoms with van der Waals surface area (Å²) in [5, 5.41) is 17.0. The van der Waals surface area contributed by atoms with E-state index in [1.807, 2.05) is 18.2 Å². The summed E-state index contributed by atoms with van der Waals surface area (Å²) in [4.78, 5) is 2.14. The van der Waals surface area contributed by atoms with Gasteiger partial charge < -0.3 is 15.7 Å². The van der Waals surface area contributed by atoms with Crippen molar-refractivity contribution < 1.29 is 5.11 Å². The third-order valence-corrected chi connectivity index (χ3v) is 3.78. The summed E-state index contributed by atoms with van der Waals surface area (Å²) in [5.41, 5.74) is 7.29. The summed E-state index contributed by atoms with van der Waals surface area (Å²) in [6.45, 7) is 4.90. The quantitative estimate of drug-likeness (QED) is 0.532. The zero-order valence-electron chi connectivity index (χ0n) is 11.5. The van der Waals surface area contributed by atoms with E-state index in [0.29, 0.717) is 18.2 Å². The van der Waals surface area contributed by atoms with Gasteiger partial charge in [0, 0.05) is 28.3 Å². The minimum atomic E-state index is 0.0465.